The van der Waals surface area contributed by atoms with Crippen LogP contribution in [-0.4, -0.2) is 23.2 Å². The predicted molar refractivity (Wildman–Crippen MR) is 80.4 cm³/mol. The minimum Gasteiger partial charge on any atom is -0.399 e. The molecule has 1 atom stereocenters. The van der Waals surface area contributed by atoms with Crippen molar-refractivity contribution < 1.29 is 4.79 Å². The number of hydrogen-bond acceptors (Lipinski definition) is 3. The fourth-order valence-electron chi connectivity index (χ4n) is 3.08. The smallest absolute Gasteiger partial charge is 0.243 e. The van der Waals surface area contributed by atoms with Crippen LogP contribution in [0.1, 0.15) is 43.7 Å². The van der Waals surface area contributed by atoms with Gasteiger partial charge in [-0.2, -0.15) is 5.10 Å². The number of anilines is 1. The first-order valence-corrected chi connectivity index (χ1v) is 7.46. The summed E-state index contributed by atoms with van der Waals surface area (Å²) in [6.45, 7) is 2.86. The van der Waals surface area contributed by atoms with Crippen molar-refractivity contribution in [3.05, 3.63) is 29.3 Å². The van der Waals surface area contributed by atoms with Crippen LogP contribution in [0.5, 0.6) is 0 Å². The maximum Gasteiger partial charge on any atom is 0.243 e. The largest absolute Gasteiger partial charge is 0.399 e. The molecule has 4 heteroatoms. The Balaban J connectivity index is 1.95. The summed E-state index contributed by atoms with van der Waals surface area (Å²) in [6.07, 6.45) is 4.67. The summed E-state index contributed by atoms with van der Waals surface area (Å²) >= 11 is 0. The summed E-state index contributed by atoms with van der Waals surface area (Å²) in [4.78, 5) is 12.1. The van der Waals surface area contributed by atoms with Gasteiger partial charge in [0.2, 0.25) is 5.91 Å². The van der Waals surface area contributed by atoms with E-state index in [2.05, 4.69) is 18.1 Å². The van der Waals surface area contributed by atoms with Crippen LogP contribution in [0, 0.1) is 5.92 Å². The molecule has 2 aliphatic rings. The zero-order valence-corrected chi connectivity index (χ0v) is 11.9. The number of nitrogens with two attached hydrogens (primary N) is 1. The summed E-state index contributed by atoms with van der Waals surface area (Å²) in [5.41, 5.74) is 10.2. The zero-order chi connectivity index (χ0) is 14.1. The molecule has 1 heterocycles. The van der Waals surface area contributed by atoms with Gasteiger partial charge in [0.1, 0.15) is 0 Å². The lowest BCUT2D eigenvalue weighted by Crippen LogP contribution is -2.39. The molecule has 1 aliphatic carbocycles. The fraction of sp³-hybridized carbons (Fsp3) is 0.500. The Morgan fingerprint density at radius 1 is 1.45 bits per heavy atom. The Kier molecular flexibility index (Phi) is 3.47. The first kappa shape index (κ1) is 13.2. The van der Waals surface area contributed by atoms with Crippen LogP contribution in [0.3, 0.4) is 0 Å². The van der Waals surface area contributed by atoms with Crippen LogP contribution in [0.2, 0.25) is 0 Å². The van der Waals surface area contributed by atoms with Crippen molar-refractivity contribution >= 4 is 17.3 Å². The Hall–Kier alpha value is -1.84. The second-order valence-corrected chi connectivity index (χ2v) is 5.71. The lowest BCUT2D eigenvalue weighted by Gasteiger charge is -2.33. The second-order valence-electron chi connectivity index (χ2n) is 5.71. The summed E-state index contributed by atoms with van der Waals surface area (Å²) in [5, 5.41) is 6.32. The van der Waals surface area contributed by atoms with Crippen LogP contribution in [0.4, 0.5) is 5.69 Å². The molecule has 106 valence electrons. The van der Waals surface area contributed by atoms with E-state index in [0.29, 0.717) is 6.42 Å². The monoisotopic (exact) mass is 271 g/mol. The molecule has 0 saturated heterocycles. The SMILES string of the molecule is CCCCN1N=C2c3ccc(N)cc3CCC2CC1=O. The summed E-state index contributed by atoms with van der Waals surface area (Å²) < 4.78 is 0. The van der Waals surface area contributed by atoms with Crippen molar-refractivity contribution in [2.75, 3.05) is 12.3 Å². The third kappa shape index (κ3) is 2.30. The highest BCUT2D eigenvalue weighted by Crippen LogP contribution is 2.32. The quantitative estimate of drug-likeness (QED) is 0.859. The van der Waals surface area contributed by atoms with Gasteiger partial charge in [-0.1, -0.05) is 19.4 Å². The molecular weight excluding hydrogens is 250 g/mol. The van der Waals surface area contributed by atoms with E-state index in [-0.39, 0.29) is 11.8 Å². The van der Waals surface area contributed by atoms with Gasteiger partial charge in [0.15, 0.2) is 0 Å². The van der Waals surface area contributed by atoms with Crippen molar-refractivity contribution in [2.45, 2.75) is 39.0 Å². The number of rotatable bonds is 3. The van der Waals surface area contributed by atoms with E-state index in [4.69, 9.17) is 5.73 Å². The Morgan fingerprint density at radius 3 is 3.10 bits per heavy atom. The van der Waals surface area contributed by atoms with Crippen molar-refractivity contribution in [3.63, 3.8) is 0 Å². The number of nitrogens with zero attached hydrogens (tertiary/aromatic N) is 2. The standard InChI is InChI=1S/C16H21N3O/c1-2-3-8-19-15(20)10-12-5-4-11-9-13(17)6-7-14(11)16(12)18-19/h6-7,9,12H,2-5,8,10,17H2,1H3. The minimum atomic E-state index is 0.172. The molecule has 1 unspecified atom stereocenters. The number of fused-ring (bicyclic) bond motifs is 3. The Morgan fingerprint density at radius 2 is 2.30 bits per heavy atom. The summed E-state index contributed by atoms with van der Waals surface area (Å²) in [6, 6.07) is 6.03. The number of nitrogen functional groups attached to an aromatic ring is 1. The highest BCUT2D eigenvalue weighted by atomic mass is 16.2. The molecular formula is C16H21N3O. The number of aryl methyl sites for hydroxylation is 1. The van der Waals surface area contributed by atoms with Crippen LogP contribution < -0.4 is 5.73 Å². The molecule has 0 fully saturated rings. The summed E-state index contributed by atoms with van der Waals surface area (Å²) in [7, 11) is 0. The topological polar surface area (TPSA) is 58.7 Å². The van der Waals surface area contributed by atoms with Gasteiger partial charge < -0.3 is 5.73 Å². The van der Waals surface area contributed by atoms with Crippen LogP contribution in [0.25, 0.3) is 0 Å². The highest BCUT2D eigenvalue weighted by molar-refractivity contribution is 6.07. The second kappa shape index (κ2) is 5.27. The van der Waals surface area contributed by atoms with Crippen molar-refractivity contribution in [3.8, 4) is 0 Å². The zero-order valence-electron chi connectivity index (χ0n) is 11.9. The predicted octanol–water partition coefficient (Wildman–Crippen LogP) is 2.57. The Labute approximate surface area is 119 Å². The maximum absolute atomic E-state index is 12.1. The molecule has 1 aliphatic heterocycles. The Bertz CT molecular complexity index is 565. The van der Waals surface area contributed by atoms with E-state index in [1.807, 2.05) is 12.1 Å². The molecule has 2 N–H and O–H groups in total. The van der Waals surface area contributed by atoms with Crippen molar-refractivity contribution in [1.29, 1.82) is 0 Å². The molecule has 0 aromatic heterocycles. The van der Waals surface area contributed by atoms with Gasteiger partial charge in [0.25, 0.3) is 0 Å². The molecule has 0 radical (unpaired) electrons. The fourth-order valence-corrected chi connectivity index (χ4v) is 3.08. The first-order valence-electron chi connectivity index (χ1n) is 7.46. The van der Waals surface area contributed by atoms with Gasteiger partial charge in [-0.25, -0.2) is 5.01 Å². The summed E-state index contributed by atoms with van der Waals surface area (Å²) in [5.74, 6) is 0.461. The normalized spacial score (nSPS) is 21.2. The number of carbonyl (C=O) groups excluding carboxylic acids is 1. The van der Waals surface area contributed by atoms with Gasteiger partial charge in [0.05, 0.1) is 5.71 Å². The molecule has 1 aromatic carbocycles. The van der Waals surface area contributed by atoms with Crippen LogP contribution in [-0.2, 0) is 11.2 Å². The molecule has 20 heavy (non-hydrogen) atoms. The van der Waals surface area contributed by atoms with Gasteiger partial charge in [-0.3, -0.25) is 4.79 Å². The van der Waals surface area contributed by atoms with E-state index >= 15 is 0 Å². The number of benzene rings is 1. The van der Waals surface area contributed by atoms with Crippen LogP contribution >= 0.6 is 0 Å². The van der Waals surface area contributed by atoms with Gasteiger partial charge >= 0.3 is 0 Å². The number of unbranched alkanes of at least 4 members (excludes halogenated alkanes) is 1. The maximum atomic E-state index is 12.1. The van der Waals surface area contributed by atoms with Gasteiger partial charge in [0, 0.05) is 30.1 Å². The molecule has 1 amide bonds. The average molecular weight is 271 g/mol. The average Bonchev–Trinajstić information content (AvgIpc) is 2.44. The third-order valence-corrected chi connectivity index (χ3v) is 4.21. The van der Waals surface area contributed by atoms with E-state index in [1.165, 1.54) is 11.1 Å². The van der Waals surface area contributed by atoms with Crippen molar-refractivity contribution in [1.82, 2.24) is 5.01 Å². The van der Waals surface area contributed by atoms with Gasteiger partial charge in [-0.05, 0) is 37.0 Å². The van der Waals surface area contributed by atoms with E-state index in [9.17, 15) is 4.79 Å². The van der Waals surface area contributed by atoms with Gasteiger partial charge in [-0.15, -0.1) is 0 Å². The molecule has 4 nitrogen and oxygen atoms in total. The molecule has 0 spiro atoms. The number of hydrazone groups is 1. The first-order chi connectivity index (χ1) is 9.69. The van der Waals surface area contributed by atoms with E-state index in [1.54, 1.807) is 5.01 Å². The highest BCUT2D eigenvalue weighted by Gasteiger charge is 2.33. The van der Waals surface area contributed by atoms with Crippen LogP contribution in [0.15, 0.2) is 23.3 Å². The minimum absolute atomic E-state index is 0.172. The lowest BCUT2D eigenvalue weighted by atomic mass is 9.79. The molecule has 0 saturated carbocycles. The molecule has 3 rings (SSSR count). The number of hydrogen-bond donors (Lipinski definition) is 1. The van der Waals surface area contributed by atoms with E-state index in [0.717, 1.165) is 43.6 Å². The number of carbonyl (C=O) groups is 1. The molecule has 1 aromatic rings. The third-order valence-electron chi connectivity index (χ3n) is 4.21. The molecule has 0 bridgehead atoms. The van der Waals surface area contributed by atoms with E-state index < -0.39 is 0 Å². The van der Waals surface area contributed by atoms with Crippen molar-refractivity contribution in [2.24, 2.45) is 11.0 Å². The number of amides is 1. The lowest BCUT2D eigenvalue weighted by molar-refractivity contribution is -0.132.